The van der Waals surface area contributed by atoms with E-state index in [1.165, 1.54) is 13.3 Å². The highest BCUT2D eigenvalue weighted by molar-refractivity contribution is 6.30. The van der Waals surface area contributed by atoms with Gasteiger partial charge in [-0.3, -0.25) is 5.43 Å². The van der Waals surface area contributed by atoms with Crippen molar-refractivity contribution in [3.63, 3.8) is 0 Å². The van der Waals surface area contributed by atoms with E-state index in [0.29, 0.717) is 45.7 Å². The number of halogens is 1. The number of hydrogen-bond donors (Lipinski definition) is 4. The molecule has 13 heteroatoms. The molecule has 2 aromatic rings. The summed E-state index contributed by atoms with van der Waals surface area (Å²) in [7, 11) is 1.26. The summed E-state index contributed by atoms with van der Waals surface area (Å²) in [5.41, 5.74) is 4.25. The molecule has 0 bridgehead atoms. The number of hydrogen-bond acceptors (Lipinski definition) is 10. The Morgan fingerprint density at radius 1 is 1.23 bits per heavy atom. The van der Waals surface area contributed by atoms with E-state index in [1.807, 2.05) is 6.07 Å². The Balaban J connectivity index is 1.70. The van der Waals surface area contributed by atoms with Crippen molar-refractivity contribution in [3.8, 4) is 23.3 Å². The van der Waals surface area contributed by atoms with Crippen molar-refractivity contribution < 1.29 is 33.6 Å². The molecule has 206 valence electrons. The molecule has 0 aliphatic carbocycles. The average molecular weight is 558 g/mol. The van der Waals surface area contributed by atoms with Crippen molar-refractivity contribution in [2.45, 2.75) is 26.1 Å². The molecule has 2 aromatic carbocycles. The van der Waals surface area contributed by atoms with Crippen LogP contribution in [0.5, 0.6) is 17.2 Å². The fourth-order valence-corrected chi connectivity index (χ4v) is 3.86. The zero-order chi connectivity index (χ0) is 28.4. The van der Waals surface area contributed by atoms with Crippen molar-refractivity contribution in [1.29, 1.82) is 5.26 Å². The molecule has 2 amide bonds. The zero-order valence-corrected chi connectivity index (χ0v) is 22.2. The fourth-order valence-electron chi connectivity index (χ4n) is 3.68. The van der Waals surface area contributed by atoms with E-state index in [-0.39, 0.29) is 18.8 Å². The van der Waals surface area contributed by atoms with Gasteiger partial charge >= 0.3 is 12.0 Å². The summed E-state index contributed by atoms with van der Waals surface area (Å²) in [5.74, 6) is 0.496. The number of aliphatic hydroxyl groups excluding tert-OH is 1. The second kappa shape index (κ2) is 13.9. The molecule has 4 N–H and O–H groups in total. The van der Waals surface area contributed by atoms with Gasteiger partial charge in [0, 0.05) is 16.3 Å². The van der Waals surface area contributed by atoms with Crippen LogP contribution in [0.15, 0.2) is 52.8 Å². The molecule has 2 atom stereocenters. The summed E-state index contributed by atoms with van der Waals surface area (Å²) in [6.45, 7) is 3.39. The van der Waals surface area contributed by atoms with E-state index in [0.717, 1.165) is 0 Å². The summed E-state index contributed by atoms with van der Waals surface area (Å²) in [6.07, 6.45) is 0.197. The van der Waals surface area contributed by atoms with Crippen LogP contribution in [0, 0.1) is 11.3 Å². The van der Waals surface area contributed by atoms with Crippen LogP contribution in [0.1, 0.15) is 31.0 Å². The van der Waals surface area contributed by atoms with Crippen molar-refractivity contribution in [1.82, 2.24) is 16.1 Å². The number of carbonyl (C=O) groups is 2. The maximum atomic E-state index is 12.4. The highest BCUT2D eigenvalue weighted by Gasteiger charge is 2.32. The lowest BCUT2D eigenvalue weighted by Crippen LogP contribution is -2.45. The third kappa shape index (κ3) is 7.76. The number of benzene rings is 2. The highest BCUT2D eigenvalue weighted by atomic mass is 35.5. The van der Waals surface area contributed by atoms with Crippen LogP contribution in [0.2, 0.25) is 5.02 Å². The number of ether oxygens (including phenoxy) is 4. The Bertz CT molecular complexity index is 1310. The third-order valence-corrected chi connectivity index (χ3v) is 5.60. The van der Waals surface area contributed by atoms with E-state index >= 15 is 0 Å². The number of allylic oxidation sites excluding steroid dienone is 1. The molecule has 39 heavy (non-hydrogen) atoms. The Labute approximate surface area is 230 Å². The fraction of sp³-hybridized carbons (Fsp3) is 0.308. The number of nitrogens with zero attached hydrogens (tertiary/aromatic N) is 2. The van der Waals surface area contributed by atoms with Crippen molar-refractivity contribution in [3.05, 3.63) is 63.8 Å². The first-order valence-electron chi connectivity index (χ1n) is 11.8. The van der Waals surface area contributed by atoms with E-state index in [4.69, 9.17) is 35.8 Å². The number of carbonyl (C=O) groups excluding carboxylic acids is 2. The first-order valence-corrected chi connectivity index (χ1v) is 12.2. The Hall–Kier alpha value is -4.47. The van der Waals surface area contributed by atoms with Gasteiger partial charge in [-0.05, 0) is 49.7 Å². The molecular weight excluding hydrogens is 530 g/mol. The number of amides is 2. The second-order valence-corrected chi connectivity index (χ2v) is 8.48. The van der Waals surface area contributed by atoms with E-state index < -0.39 is 24.3 Å². The predicted octanol–water partition coefficient (Wildman–Crippen LogP) is 2.76. The number of methoxy groups -OCH3 is 1. The normalized spacial score (nSPS) is 15.6. The lowest BCUT2D eigenvalue weighted by molar-refractivity contribution is -0.136. The molecule has 12 nitrogen and oxygen atoms in total. The lowest BCUT2D eigenvalue weighted by Gasteiger charge is -2.28. The van der Waals surface area contributed by atoms with E-state index in [9.17, 15) is 14.7 Å². The maximum absolute atomic E-state index is 12.4. The molecule has 0 unspecified atom stereocenters. The SMILES string of the molecule is CCOc1cc([C@H]2NC(=O)NC(C)=C2C(=O)OC)ccc1OC[C@H](O)N/N=C/c1cc(Cl)ccc1OCC#N. The highest BCUT2D eigenvalue weighted by Crippen LogP contribution is 2.35. The van der Waals surface area contributed by atoms with Gasteiger partial charge in [0.1, 0.15) is 18.4 Å². The minimum atomic E-state index is -1.20. The molecule has 0 fully saturated rings. The van der Waals surface area contributed by atoms with Crippen LogP contribution in [-0.2, 0) is 9.53 Å². The minimum Gasteiger partial charge on any atom is -0.490 e. The van der Waals surface area contributed by atoms with Gasteiger partial charge in [0.05, 0.1) is 31.5 Å². The van der Waals surface area contributed by atoms with Gasteiger partial charge in [0.2, 0.25) is 0 Å². The molecule has 1 heterocycles. The van der Waals surface area contributed by atoms with Crippen molar-refractivity contribution in [2.24, 2.45) is 5.10 Å². The van der Waals surface area contributed by atoms with Crippen LogP contribution < -0.4 is 30.3 Å². The molecule has 0 saturated heterocycles. The maximum Gasteiger partial charge on any atom is 0.337 e. The molecule has 1 aliphatic rings. The minimum absolute atomic E-state index is 0.142. The molecule has 0 radical (unpaired) electrons. The molecule has 0 saturated carbocycles. The lowest BCUT2D eigenvalue weighted by atomic mass is 9.95. The van der Waals surface area contributed by atoms with Crippen LogP contribution in [0.3, 0.4) is 0 Å². The number of esters is 1. The number of nitriles is 1. The summed E-state index contributed by atoms with van der Waals surface area (Å²) in [4.78, 5) is 24.5. The molecule has 0 spiro atoms. The monoisotopic (exact) mass is 557 g/mol. The predicted molar refractivity (Wildman–Crippen MR) is 142 cm³/mol. The van der Waals surface area contributed by atoms with Crippen LogP contribution in [-0.4, -0.2) is 56.5 Å². The Morgan fingerprint density at radius 3 is 2.72 bits per heavy atom. The van der Waals surface area contributed by atoms with Gasteiger partial charge in [0.25, 0.3) is 0 Å². The van der Waals surface area contributed by atoms with Crippen molar-refractivity contribution in [2.75, 3.05) is 26.9 Å². The van der Waals surface area contributed by atoms with Gasteiger partial charge in [-0.1, -0.05) is 17.7 Å². The molecule has 3 rings (SSSR count). The summed E-state index contributed by atoms with van der Waals surface area (Å²) in [6, 6.07) is 10.4. The van der Waals surface area contributed by atoms with Crippen LogP contribution in [0.4, 0.5) is 4.79 Å². The number of urea groups is 1. The summed E-state index contributed by atoms with van der Waals surface area (Å²) < 4.78 is 21.7. The first-order chi connectivity index (χ1) is 18.8. The Kier molecular flexibility index (Phi) is 10.4. The van der Waals surface area contributed by atoms with Gasteiger partial charge in [0.15, 0.2) is 24.3 Å². The van der Waals surface area contributed by atoms with Crippen molar-refractivity contribution >= 4 is 29.8 Å². The Morgan fingerprint density at radius 2 is 2.00 bits per heavy atom. The zero-order valence-electron chi connectivity index (χ0n) is 21.5. The van der Waals surface area contributed by atoms with Crippen LogP contribution in [0.25, 0.3) is 0 Å². The summed E-state index contributed by atoms with van der Waals surface area (Å²) in [5, 5.41) is 28.8. The number of rotatable bonds is 12. The van der Waals surface area contributed by atoms with E-state index in [1.54, 1.807) is 50.2 Å². The first kappa shape index (κ1) is 29.1. The van der Waals surface area contributed by atoms with Crippen LogP contribution >= 0.6 is 11.6 Å². The molecule has 1 aliphatic heterocycles. The molecule has 0 aromatic heterocycles. The van der Waals surface area contributed by atoms with Gasteiger partial charge in [-0.25, -0.2) is 9.59 Å². The number of hydrazone groups is 1. The number of nitrogens with one attached hydrogen (secondary N) is 3. The second-order valence-electron chi connectivity index (χ2n) is 8.04. The van der Waals surface area contributed by atoms with Gasteiger partial charge in [-0.15, -0.1) is 0 Å². The summed E-state index contributed by atoms with van der Waals surface area (Å²) >= 11 is 6.02. The topological polar surface area (TPSA) is 164 Å². The third-order valence-electron chi connectivity index (χ3n) is 5.36. The van der Waals surface area contributed by atoms with E-state index in [2.05, 4.69) is 21.2 Å². The molecular formula is C26H28ClN5O7. The average Bonchev–Trinajstić information content (AvgIpc) is 2.91. The van der Waals surface area contributed by atoms with Gasteiger partial charge < -0.3 is 34.7 Å². The standard InChI is InChI=1S/C26H28ClN5O7/c1-4-37-21-12-16(24-23(25(34)36-3)15(2)30-26(35)31-24)5-7-20(21)39-14-22(33)32-29-13-17-11-18(27)6-8-19(17)38-10-9-28/h5-8,11-13,22,24,32-33H,4,10,14H2,1-3H3,(H2,30,31,35)/b29-13+/t22-,24+/m0/s1. The van der Waals surface area contributed by atoms with Gasteiger partial charge in [-0.2, -0.15) is 10.4 Å². The number of aliphatic hydroxyl groups is 1. The quantitative estimate of drug-likeness (QED) is 0.133. The smallest absolute Gasteiger partial charge is 0.337 e. The largest absolute Gasteiger partial charge is 0.490 e.